The normalized spacial score (nSPS) is 14.6. The van der Waals surface area contributed by atoms with E-state index in [2.05, 4.69) is 22.9 Å². The van der Waals surface area contributed by atoms with Crippen LogP contribution in [0.3, 0.4) is 0 Å². The van der Waals surface area contributed by atoms with Crippen LogP contribution in [0.1, 0.15) is 36.3 Å². The highest BCUT2D eigenvalue weighted by Gasteiger charge is 2.30. The fourth-order valence-electron chi connectivity index (χ4n) is 2.67. The van der Waals surface area contributed by atoms with Gasteiger partial charge in [-0.25, -0.2) is 0 Å². The topological polar surface area (TPSA) is 54.4 Å². The van der Waals surface area contributed by atoms with Crippen molar-refractivity contribution in [3.05, 3.63) is 34.0 Å². The highest BCUT2D eigenvalue weighted by Crippen LogP contribution is 2.51. The monoisotopic (exact) mass is 314 g/mol. The molecule has 0 saturated carbocycles. The van der Waals surface area contributed by atoms with Crippen LogP contribution in [0.25, 0.3) is 9.75 Å². The Morgan fingerprint density at radius 1 is 1.05 bits per heavy atom. The first kappa shape index (κ1) is 13.3. The standard InChI is InChI=1S/C13H14O3S3/c14-19(15,16)8-2-1-3-9-10-4-6-17-12(10)13-11(9)5-7-18-13/h4-7,9H,1-3,8H2,(H,14,15,16). The van der Waals surface area contributed by atoms with E-state index < -0.39 is 10.1 Å². The van der Waals surface area contributed by atoms with Crippen molar-refractivity contribution in [1.29, 1.82) is 0 Å². The SMILES string of the molecule is O=S(=O)(O)CCCCC1c2ccsc2-c2sccc21. The fraction of sp³-hybridized carbons (Fsp3) is 0.385. The van der Waals surface area contributed by atoms with Crippen LogP contribution in [0.5, 0.6) is 0 Å². The third-order valence-corrected chi connectivity index (χ3v) is 6.32. The molecule has 0 bridgehead atoms. The molecule has 0 fully saturated rings. The molecule has 0 aliphatic heterocycles. The van der Waals surface area contributed by atoms with E-state index in [9.17, 15) is 8.42 Å². The molecule has 0 atom stereocenters. The molecule has 0 radical (unpaired) electrons. The number of rotatable bonds is 5. The average molecular weight is 314 g/mol. The molecule has 19 heavy (non-hydrogen) atoms. The highest BCUT2D eigenvalue weighted by atomic mass is 32.2. The quantitative estimate of drug-likeness (QED) is 0.671. The second-order valence-corrected chi connectivity index (χ2v) is 8.15. The molecule has 3 nitrogen and oxygen atoms in total. The predicted octanol–water partition coefficient (Wildman–Crippen LogP) is 3.98. The van der Waals surface area contributed by atoms with Crippen LogP contribution in [-0.4, -0.2) is 18.7 Å². The Labute approximate surface area is 120 Å². The molecule has 0 saturated heterocycles. The Kier molecular flexibility index (Phi) is 3.51. The van der Waals surface area contributed by atoms with Gasteiger partial charge in [0.05, 0.1) is 5.75 Å². The van der Waals surface area contributed by atoms with Crippen molar-refractivity contribution in [2.75, 3.05) is 5.75 Å². The van der Waals surface area contributed by atoms with E-state index in [1.54, 1.807) is 22.7 Å². The van der Waals surface area contributed by atoms with Crippen molar-refractivity contribution >= 4 is 32.8 Å². The first-order valence-corrected chi connectivity index (χ1v) is 9.53. The van der Waals surface area contributed by atoms with Crippen LogP contribution in [0.2, 0.25) is 0 Å². The molecule has 0 amide bonds. The highest BCUT2D eigenvalue weighted by molar-refractivity contribution is 7.85. The van der Waals surface area contributed by atoms with E-state index in [-0.39, 0.29) is 5.75 Å². The summed E-state index contributed by atoms with van der Waals surface area (Å²) in [5.41, 5.74) is 2.78. The van der Waals surface area contributed by atoms with Gasteiger partial charge >= 0.3 is 0 Å². The van der Waals surface area contributed by atoms with E-state index in [0.717, 1.165) is 12.8 Å². The summed E-state index contributed by atoms with van der Waals surface area (Å²) >= 11 is 3.56. The molecule has 0 spiro atoms. The predicted molar refractivity (Wildman–Crippen MR) is 79.7 cm³/mol. The lowest BCUT2D eigenvalue weighted by molar-refractivity contribution is 0.479. The number of unbranched alkanes of at least 4 members (excludes halogenated alkanes) is 1. The molecule has 1 N–H and O–H groups in total. The van der Waals surface area contributed by atoms with E-state index in [1.807, 2.05) is 0 Å². The number of fused-ring (bicyclic) bond motifs is 3. The van der Waals surface area contributed by atoms with Gasteiger partial charge in [-0.15, -0.1) is 22.7 Å². The van der Waals surface area contributed by atoms with Gasteiger partial charge in [0.1, 0.15) is 0 Å². The van der Waals surface area contributed by atoms with Crippen molar-refractivity contribution in [3.8, 4) is 9.75 Å². The zero-order valence-corrected chi connectivity index (χ0v) is 12.7. The lowest BCUT2D eigenvalue weighted by Gasteiger charge is -2.10. The van der Waals surface area contributed by atoms with Crippen LogP contribution in [0.4, 0.5) is 0 Å². The van der Waals surface area contributed by atoms with Gasteiger partial charge < -0.3 is 0 Å². The maximum absolute atomic E-state index is 10.7. The van der Waals surface area contributed by atoms with Gasteiger partial charge in [0.25, 0.3) is 10.1 Å². The van der Waals surface area contributed by atoms with Gasteiger partial charge in [0, 0.05) is 15.7 Å². The molecule has 1 aliphatic carbocycles. The van der Waals surface area contributed by atoms with Crippen molar-refractivity contribution in [2.45, 2.75) is 25.2 Å². The molecular formula is C13H14O3S3. The van der Waals surface area contributed by atoms with E-state index >= 15 is 0 Å². The molecule has 2 aromatic heterocycles. The molecule has 6 heteroatoms. The van der Waals surface area contributed by atoms with Crippen LogP contribution in [0, 0.1) is 0 Å². The lowest BCUT2D eigenvalue weighted by Crippen LogP contribution is -2.04. The van der Waals surface area contributed by atoms with Crippen LogP contribution in [-0.2, 0) is 10.1 Å². The first-order valence-electron chi connectivity index (χ1n) is 6.16. The van der Waals surface area contributed by atoms with Gasteiger partial charge in [-0.05, 0) is 46.9 Å². The molecule has 2 aromatic rings. The minimum atomic E-state index is -3.82. The zero-order chi connectivity index (χ0) is 13.5. The van der Waals surface area contributed by atoms with E-state index in [0.29, 0.717) is 12.3 Å². The van der Waals surface area contributed by atoms with Crippen LogP contribution in [0.15, 0.2) is 22.9 Å². The van der Waals surface area contributed by atoms with E-state index in [4.69, 9.17) is 4.55 Å². The Morgan fingerprint density at radius 2 is 1.63 bits per heavy atom. The fourth-order valence-corrected chi connectivity index (χ4v) is 5.37. The number of hydrogen-bond donors (Lipinski definition) is 1. The Bertz CT molecular complexity index is 641. The van der Waals surface area contributed by atoms with E-state index in [1.165, 1.54) is 20.9 Å². The van der Waals surface area contributed by atoms with Gasteiger partial charge in [0.15, 0.2) is 0 Å². The molecular weight excluding hydrogens is 300 g/mol. The molecule has 102 valence electrons. The summed E-state index contributed by atoms with van der Waals surface area (Å²) in [6.45, 7) is 0. The lowest BCUT2D eigenvalue weighted by atomic mass is 9.94. The second-order valence-electron chi connectivity index (χ2n) is 4.74. The van der Waals surface area contributed by atoms with Crippen molar-refractivity contribution in [2.24, 2.45) is 0 Å². The molecule has 0 aromatic carbocycles. The minimum absolute atomic E-state index is 0.132. The molecule has 1 aliphatic rings. The van der Waals surface area contributed by atoms with Gasteiger partial charge in [-0.3, -0.25) is 4.55 Å². The Hall–Kier alpha value is -0.690. The Balaban J connectivity index is 1.70. The van der Waals surface area contributed by atoms with Crippen LogP contribution >= 0.6 is 22.7 Å². The largest absolute Gasteiger partial charge is 0.286 e. The minimum Gasteiger partial charge on any atom is -0.286 e. The summed E-state index contributed by atoms with van der Waals surface area (Å²) < 4.78 is 30.1. The summed E-state index contributed by atoms with van der Waals surface area (Å²) in [7, 11) is -3.82. The first-order chi connectivity index (χ1) is 9.06. The van der Waals surface area contributed by atoms with Gasteiger partial charge in [-0.2, -0.15) is 8.42 Å². The Morgan fingerprint density at radius 3 is 2.16 bits per heavy atom. The maximum Gasteiger partial charge on any atom is 0.264 e. The van der Waals surface area contributed by atoms with Gasteiger partial charge in [0.2, 0.25) is 0 Å². The third-order valence-electron chi connectivity index (χ3n) is 3.49. The van der Waals surface area contributed by atoms with Crippen molar-refractivity contribution < 1.29 is 13.0 Å². The smallest absolute Gasteiger partial charge is 0.264 e. The number of hydrogen-bond acceptors (Lipinski definition) is 4. The van der Waals surface area contributed by atoms with Crippen molar-refractivity contribution in [3.63, 3.8) is 0 Å². The van der Waals surface area contributed by atoms with Crippen LogP contribution < -0.4 is 0 Å². The number of thiophene rings is 2. The summed E-state index contributed by atoms with van der Waals surface area (Å²) in [5.74, 6) is 0.274. The molecule has 0 unspecified atom stereocenters. The second kappa shape index (κ2) is 5.01. The summed E-state index contributed by atoms with van der Waals surface area (Å²) in [4.78, 5) is 2.76. The van der Waals surface area contributed by atoms with Crippen molar-refractivity contribution in [1.82, 2.24) is 0 Å². The summed E-state index contributed by atoms with van der Waals surface area (Å²) in [6.07, 6.45) is 2.28. The zero-order valence-electron chi connectivity index (χ0n) is 10.2. The van der Waals surface area contributed by atoms with Gasteiger partial charge in [-0.1, -0.05) is 6.42 Å². The average Bonchev–Trinajstić information content (AvgIpc) is 2.97. The maximum atomic E-state index is 10.7. The summed E-state index contributed by atoms with van der Waals surface area (Å²) in [6, 6.07) is 4.36. The molecule has 3 rings (SSSR count). The third kappa shape index (κ3) is 2.63. The summed E-state index contributed by atoms with van der Waals surface area (Å²) in [5, 5.41) is 4.25. The molecule has 2 heterocycles.